The molecule has 0 amide bonds. The maximum Gasteiger partial charge on any atom is 0.503 e. The van der Waals surface area contributed by atoms with Crippen LogP contribution in [0.25, 0.3) is 40.4 Å². The van der Waals surface area contributed by atoms with Crippen LogP contribution < -0.4 is 33.2 Å². The molecule has 4 aromatic heterocycles. The highest BCUT2D eigenvalue weighted by molar-refractivity contribution is 7.29. The molecule has 0 spiro atoms. The Labute approximate surface area is 392 Å². The summed E-state index contributed by atoms with van der Waals surface area (Å²) in [6.45, 7) is 16.3. The second-order valence-corrected chi connectivity index (χ2v) is 22.1. The normalized spacial score (nSPS) is 17.3. The molecule has 0 bridgehead atoms. The van der Waals surface area contributed by atoms with Gasteiger partial charge in [-0.25, -0.2) is 0 Å². The van der Waals surface area contributed by atoms with Gasteiger partial charge in [0.15, 0.2) is 23.0 Å². The van der Waals surface area contributed by atoms with Gasteiger partial charge in [0.05, 0.1) is 54.7 Å². The number of benzene rings is 1. The zero-order valence-corrected chi connectivity index (χ0v) is 41.7. The maximum atomic E-state index is 10.4. The van der Waals surface area contributed by atoms with E-state index in [9.17, 15) is 10.0 Å². The predicted octanol–water partition coefficient (Wildman–Crippen LogP) is 14.0. The first-order chi connectivity index (χ1) is 30.6. The Morgan fingerprint density at radius 1 is 0.667 bits per heavy atom. The Hall–Kier alpha value is -3.20. The molecule has 2 N–H and O–H groups in total. The number of thiophene rings is 4. The first-order valence-corrected chi connectivity index (χ1v) is 26.6. The molecule has 6 heterocycles. The minimum Gasteiger partial charge on any atom is -0.496 e. The smallest absolute Gasteiger partial charge is 0.496 e. The third kappa shape index (κ3) is 10.9. The van der Waals surface area contributed by atoms with E-state index in [4.69, 9.17) is 28.4 Å². The molecule has 2 aliphatic heterocycles. The van der Waals surface area contributed by atoms with Crippen molar-refractivity contribution in [3.05, 3.63) is 41.8 Å². The second kappa shape index (κ2) is 21.9. The Morgan fingerprint density at radius 2 is 1.24 bits per heavy atom. The van der Waals surface area contributed by atoms with Crippen molar-refractivity contribution in [2.75, 3.05) is 40.1 Å². The summed E-state index contributed by atoms with van der Waals surface area (Å²) in [5.74, 6) is 4.77. The fourth-order valence-electron chi connectivity index (χ4n) is 8.60. The summed E-state index contributed by atoms with van der Waals surface area (Å²) in [5.41, 5.74) is 1.79. The highest BCUT2D eigenvalue weighted by Gasteiger charge is 2.38. The molecule has 1 aromatic carbocycles. The summed E-state index contributed by atoms with van der Waals surface area (Å²) in [6.07, 6.45) is 14.6. The van der Waals surface area contributed by atoms with Crippen molar-refractivity contribution in [1.29, 1.82) is 0 Å². The van der Waals surface area contributed by atoms with Crippen LogP contribution in [0.4, 0.5) is 0 Å². The van der Waals surface area contributed by atoms with Crippen molar-refractivity contribution in [3.63, 3.8) is 0 Å². The van der Waals surface area contributed by atoms with Crippen molar-refractivity contribution < 1.29 is 38.5 Å². The summed E-state index contributed by atoms with van der Waals surface area (Å²) in [7, 11) is 0.0554. The lowest BCUT2D eigenvalue weighted by Gasteiger charge is -2.31. The van der Waals surface area contributed by atoms with Crippen LogP contribution in [0.1, 0.15) is 125 Å². The summed E-state index contributed by atoms with van der Waals surface area (Å²) in [6, 6.07) is 12.9. The molecular formula is C50H67BO8S4. The van der Waals surface area contributed by atoms with E-state index >= 15 is 0 Å². The van der Waals surface area contributed by atoms with E-state index in [0.29, 0.717) is 55.2 Å². The fourth-order valence-corrected chi connectivity index (χ4v) is 12.9. The summed E-state index contributed by atoms with van der Waals surface area (Å²) >= 11 is 6.36. The lowest BCUT2D eigenvalue weighted by molar-refractivity contribution is 0.0795. The van der Waals surface area contributed by atoms with E-state index in [2.05, 4.69) is 83.3 Å². The second-order valence-electron chi connectivity index (χ2n) is 18.0. The minimum absolute atomic E-state index is 0.0353. The molecule has 7 rings (SSSR count). The van der Waals surface area contributed by atoms with Crippen LogP contribution in [0.3, 0.4) is 0 Å². The molecule has 8 nitrogen and oxygen atoms in total. The summed E-state index contributed by atoms with van der Waals surface area (Å²) in [5, 5.41) is 23.0. The number of methoxy groups -OCH3 is 1. The molecule has 2 unspecified atom stereocenters. The molecule has 2 aliphatic rings. The van der Waals surface area contributed by atoms with Crippen molar-refractivity contribution >= 4 is 57.2 Å². The molecule has 13 heteroatoms. The molecule has 0 fully saturated rings. The first kappa shape index (κ1) is 47.8. The van der Waals surface area contributed by atoms with Crippen LogP contribution in [0.15, 0.2) is 41.8 Å². The van der Waals surface area contributed by atoms with E-state index in [1.807, 2.05) is 0 Å². The third-order valence-electron chi connectivity index (χ3n) is 12.7. The molecular weight excluding hydrogens is 868 g/mol. The van der Waals surface area contributed by atoms with Crippen LogP contribution in [-0.2, 0) is 0 Å². The van der Waals surface area contributed by atoms with Crippen LogP contribution in [0, 0.1) is 16.7 Å². The third-order valence-corrected chi connectivity index (χ3v) is 17.5. The monoisotopic (exact) mass is 934 g/mol. The average molecular weight is 935 g/mol. The molecule has 5 aromatic rings. The highest BCUT2D eigenvalue weighted by Crippen LogP contribution is 2.54. The van der Waals surface area contributed by atoms with E-state index in [-0.39, 0.29) is 10.8 Å². The van der Waals surface area contributed by atoms with Crippen LogP contribution >= 0.6 is 45.3 Å². The van der Waals surface area contributed by atoms with Gasteiger partial charge >= 0.3 is 7.12 Å². The maximum absolute atomic E-state index is 10.4. The number of unbranched alkanes of at least 4 members (excludes halogenated alkanes) is 4. The Balaban J connectivity index is 1.22. The number of fused-ring (bicyclic) bond motifs is 2. The highest BCUT2D eigenvalue weighted by atomic mass is 32.1. The standard InChI is InChI=1S/C50H67BO8S4/c1-8-13-17-33(12-5)27-55-37-26-34(39-19-21-42(62-39)47-44-45(48(63-47)51(52)53)58-30-49(6,29-57-44)22-14-9-2)36(54-7)25-35(37)40-18-20-41(61-40)46-43-38(28-60-46)56-31-50(32-59-43,23-15-10-3)24-16-11-4/h18-21,25-26,28,33,52-53H,8-17,22-24,27,29-32H2,1-7H3. The van der Waals surface area contributed by atoms with Gasteiger partial charge in [0, 0.05) is 46.8 Å². The van der Waals surface area contributed by atoms with Crippen LogP contribution in [0.5, 0.6) is 34.5 Å². The predicted molar refractivity (Wildman–Crippen MR) is 266 cm³/mol. The lowest BCUT2D eigenvalue weighted by Crippen LogP contribution is -2.33. The topological polar surface area (TPSA) is 95.8 Å². The van der Waals surface area contributed by atoms with E-state index in [1.54, 1.807) is 41.1 Å². The Morgan fingerprint density at radius 3 is 1.87 bits per heavy atom. The van der Waals surface area contributed by atoms with E-state index < -0.39 is 7.12 Å². The molecule has 63 heavy (non-hydrogen) atoms. The van der Waals surface area contributed by atoms with Gasteiger partial charge in [0.2, 0.25) is 0 Å². The van der Waals surface area contributed by atoms with Gasteiger partial charge in [-0.15, -0.1) is 45.3 Å². The SMILES string of the molecule is CCCCC(CC)COc1cc(-c2ccc(-c3sc(B(O)O)c4c3OCC(C)(CCCC)CO4)s2)c(OC)cc1-c1ccc(-c2scc3c2OCC(CCCC)(CCCC)CO3)s1. The van der Waals surface area contributed by atoms with Gasteiger partial charge in [-0.3, -0.25) is 0 Å². The zero-order chi connectivity index (χ0) is 44.6. The molecule has 0 saturated carbocycles. The Kier molecular flexibility index (Phi) is 16.6. The number of rotatable bonds is 22. The van der Waals surface area contributed by atoms with Gasteiger partial charge in [-0.1, -0.05) is 99.3 Å². The van der Waals surface area contributed by atoms with Crippen molar-refractivity contribution in [2.45, 2.75) is 125 Å². The van der Waals surface area contributed by atoms with Crippen molar-refractivity contribution in [2.24, 2.45) is 16.7 Å². The average Bonchev–Trinajstić information content (AvgIpc) is 4.09. The van der Waals surface area contributed by atoms with Gasteiger partial charge < -0.3 is 38.5 Å². The van der Waals surface area contributed by atoms with Crippen LogP contribution in [-0.4, -0.2) is 57.3 Å². The molecule has 0 radical (unpaired) electrons. The number of ether oxygens (including phenoxy) is 6. The first-order valence-electron chi connectivity index (χ1n) is 23.3. The molecule has 342 valence electrons. The van der Waals surface area contributed by atoms with Gasteiger partial charge in [0.25, 0.3) is 0 Å². The van der Waals surface area contributed by atoms with Crippen molar-refractivity contribution in [3.8, 4) is 74.9 Å². The Bertz CT molecular complexity index is 2230. The fraction of sp³-hybridized carbons (Fsp3) is 0.560. The molecule has 0 saturated heterocycles. The van der Waals surface area contributed by atoms with Gasteiger partial charge in [-0.2, -0.15) is 0 Å². The van der Waals surface area contributed by atoms with Gasteiger partial charge in [-0.05, 0) is 68.0 Å². The van der Waals surface area contributed by atoms with Crippen molar-refractivity contribution in [1.82, 2.24) is 0 Å². The largest absolute Gasteiger partial charge is 0.503 e. The number of hydrogen-bond acceptors (Lipinski definition) is 12. The van der Waals surface area contributed by atoms with Gasteiger partial charge in [0.1, 0.15) is 11.5 Å². The van der Waals surface area contributed by atoms with E-state index in [1.165, 1.54) is 43.4 Å². The van der Waals surface area contributed by atoms with Crippen LogP contribution in [0.2, 0.25) is 0 Å². The van der Waals surface area contributed by atoms with E-state index in [0.717, 1.165) is 115 Å². The lowest BCUT2D eigenvalue weighted by atomic mass is 9.79. The molecule has 0 aliphatic carbocycles. The zero-order valence-electron chi connectivity index (χ0n) is 38.4. The summed E-state index contributed by atoms with van der Waals surface area (Å²) in [4.78, 5) is 6.13. The molecule has 2 atom stereocenters. The summed E-state index contributed by atoms with van der Waals surface area (Å²) < 4.78 is 39.6. The minimum atomic E-state index is -1.67. The number of hydrogen-bond donors (Lipinski definition) is 2. The quantitative estimate of drug-likeness (QED) is 0.0663.